The number of hydrogen-bond acceptors (Lipinski definition) is 4. The molecule has 1 saturated heterocycles. The first-order valence-electron chi connectivity index (χ1n) is 8.52. The number of ether oxygens (including phenoxy) is 1. The summed E-state index contributed by atoms with van der Waals surface area (Å²) in [5.41, 5.74) is 0.986. The molecule has 1 heterocycles. The van der Waals surface area contributed by atoms with Gasteiger partial charge in [-0.1, -0.05) is 26.0 Å². The first-order chi connectivity index (χ1) is 11.3. The van der Waals surface area contributed by atoms with Crippen LogP contribution in [0.15, 0.2) is 24.3 Å². The Kier molecular flexibility index (Phi) is 6.27. The zero-order chi connectivity index (χ0) is 17.7. The lowest BCUT2D eigenvalue weighted by molar-refractivity contribution is -0.134. The molecule has 1 atom stereocenters. The van der Waals surface area contributed by atoms with Gasteiger partial charge in [0.15, 0.2) is 9.84 Å². The van der Waals surface area contributed by atoms with Crippen LogP contribution in [0.2, 0.25) is 0 Å². The summed E-state index contributed by atoms with van der Waals surface area (Å²) >= 11 is 0. The van der Waals surface area contributed by atoms with Crippen LogP contribution < -0.4 is 4.74 Å². The van der Waals surface area contributed by atoms with Crippen molar-refractivity contribution >= 4 is 15.7 Å². The van der Waals surface area contributed by atoms with Crippen LogP contribution in [0.4, 0.5) is 0 Å². The van der Waals surface area contributed by atoms with Crippen molar-refractivity contribution in [2.45, 2.75) is 46.2 Å². The van der Waals surface area contributed by atoms with E-state index in [1.807, 2.05) is 45.0 Å². The van der Waals surface area contributed by atoms with E-state index in [9.17, 15) is 13.2 Å². The van der Waals surface area contributed by atoms with Crippen molar-refractivity contribution < 1.29 is 17.9 Å². The minimum atomic E-state index is -3.02. The first kappa shape index (κ1) is 18.8. The van der Waals surface area contributed by atoms with E-state index in [1.165, 1.54) is 0 Å². The van der Waals surface area contributed by atoms with Crippen LogP contribution >= 0.6 is 0 Å². The molecule has 5 nitrogen and oxygen atoms in total. The molecule has 134 valence electrons. The number of carbonyl (C=O) groups is 1. The third-order valence-corrected chi connectivity index (χ3v) is 5.89. The van der Waals surface area contributed by atoms with E-state index in [2.05, 4.69) is 0 Å². The fraction of sp³-hybridized carbons (Fsp3) is 0.611. The quantitative estimate of drug-likeness (QED) is 0.756. The van der Waals surface area contributed by atoms with Crippen LogP contribution in [0.1, 0.15) is 39.2 Å². The Hall–Kier alpha value is -1.56. The van der Waals surface area contributed by atoms with Gasteiger partial charge >= 0.3 is 0 Å². The molecule has 1 aliphatic heterocycles. The maximum absolute atomic E-state index is 12.6. The average Bonchev–Trinajstić information content (AvgIpc) is 2.85. The summed E-state index contributed by atoms with van der Waals surface area (Å²) in [6.45, 7) is 6.98. The molecule has 0 N–H and O–H groups in total. The lowest BCUT2D eigenvalue weighted by Crippen LogP contribution is -2.41. The highest BCUT2D eigenvalue weighted by atomic mass is 32.2. The number of nitrogens with zero attached hydrogens (tertiary/aromatic N) is 1. The molecule has 1 aliphatic rings. The summed E-state index contributed by atoms with van der Waals surface area (Å²) in [6.07, 6.45) is 0.969. The van der Waals surface area contributed by atoms with Gasteiger partial charge in [0, 0.05) is 19.0 Å². The highest BCUT2D eigenvalue weighted by Crippen LogP contribution is 2.23. The Labute approximate surface area is 144 Å². The molecule has 2 rings (SSSR count). The van der Waals surface area contributed by atoms with Crippen LogP contribution in [0, 0.1) is 5.92 Å². The summed E-state index contributed by atoms with van der Waals surface area (Å²) in [7, 11) is -3.02. The molecule has 0 radical (unpaired) electrons. The fourth-order valence-electron chi connectivity index (χ4n) is 2.96. The molecule has 0 aliphatic carbocycles. The zero-order valence-electron chi connectivity index (χ0n) is 14.7. The third kappa shape index (κ3) is 5.23. The van der Waals surface area contributed by atoms with Gasteiger partial charge in [0.1, 0.15) is 5.75 Å². The van der Waals surface area contributed by atoms with Gasteiger partial charge in [-0.25, -0.2) is 8.42 Å². The number of benzene rings is 1. The molecule has 0 aromatic heterocycles. The van der Waals surface area contributed by atoms with E-state index in [4.69, 9.17) is 4.74 Å². The normalized spacial score (nSPS) is 19.4. The second kappa shape index (κ2) is 8.01. The van der Waals surface area contributed by atoms with Crippen molar-refractivity contribution in [1.82, 2.24) is 4.90 Å². The van der Waals surface area contributed by atoms with Crippen LogP contribution in [-0.2, 0) is 21.2 Å². The topological polar surface area (TPSA) is 63.7 Å². The van der Waals surface area contributed by atoms with Gasteiger partial charge in [0.2, 0.25) is 5.91 Å². The van der Waals surface area contributed by atoms with Crippen LogP contribution in [0.3, 0.4) is 0 Å². The van der Waals surface area contributed by atoms with Crippen molar-refractivity contribution in [2.24, 2.45) is 5.92 Å². The number of carbonyl (C=O) groups excluding carboxylic acids is 1. The van der Waals surface area contributed by atoms with Crippen molar-refractivity contribution in [2.75, 3.05) is 18.1 Å². The summed E-state index contributed by atoms with van der Waals surface area (Å²) < 4.78 is 29.0. The maximum Gasteiger partial charge on any atom is 0.223 e. The Balaban J connectivity index is 2.14. The predicted molar refractivity (Wildman–Crippen MR) is 94.7 cm³/mol. The number of rotatable bonds is 7. The van der Waals surface area contributed by atoms with Gasteiger partial charge in [-0.2, -0.15) is 0 Å². The van der Waals surface area contributed by atoms with Gasteiger partial charge < -0.3 is 9.64 Å². The minimum absolute atomic E-state index is 0.0287. The molecular formula is C18H27NO4S. The molecule has 0 saturated carbocycles. The maximum atomic E-state index is 12.6. The summed E-state index contributed by atoms with van der Waals surface area (Å²) in [6, 6.07) is 7.42. The summed E-state index contributed by atoms with van der Waals surface area (Å²) in [5, 5.41) is 0. The average molecular weight is 353 g/mol. The number of hydrogen-bond donors (Lipinski definition) is 0. The zero-order valence-corrected chi connectivity index (χ0v) is 15.5. The fourth-order valence-corrected chi connectivity index (χ4v) is 4.69. The van der Waals surface area contributed by atoms with E-state index in [-0.39, 0.29) is 29.4 Å². The molecule has 0 spiro atoms. The largest absolute Gasteiger partial charge is 0.494 e. The highest BCUT2D eigenvalue weighted by Gasteiger charge is 2.34. The van der Waals surface area contributed by atoms with Gasteiger partial charge in [0.05, 0.1) is 18.1 Å². The van der Waals surface area contributed by atoms with Gasteiger partial charge in [-0.15, -0.1) is 0 Å². The summed E-state index contributed by atoms with van der Waals surface area (Å²) in [4.78, 5) is 14.4. The van der Waals surface area contributed by atoms with E-state index >= 15 is 0 Å². The number of sulfone groups is 1. The Morgan fingerprint density at radius 1 is 1.29 bits per heavy atom. The van der Waals surface area contributed by atoms with Crippen LogP contribution in [0.25, 0.3) is 0 Å². The Morgan fingerprint density at radius 3 is 2.46 bits per heavy atom. The molecule has 1 aromatic carbocycles. The number of amides is 1. The van der Waals surface area contributed by atoms with Crippen molar-refractivity contribution in [3.63, 3.8) is 0 Å². The van der Waals surface area contributed by atoms with E-state index in [1.54, 1.807) is 4.90 Å². The molecule has 1 amide bonds. The second-order valence-corrected chi connectivity index (χ2v) is 8.98. The Morgan fingerprint density at radius 2 is 1.96 bits per heavy atom. The van der Waals surface area contributed by atoms with Crippen molar-refractivity contribution in [3.05, 3.63) is 29.8 Å². The van der Waals surface area contributed by atoms with Crippen LogP contribution in [0.5, 0.6) is 5.75 Å². The van der Waals surface area contributed by atoms with Crippen molar-refractivity contribution in [1.29, 1.82) is 0 Å². The molecule has 1 unspecified atom stereocenters. The van der Waals surface area contributed by atoms with E-state index in [0.29, 0.717) is 26.0 Å². The lowest BCUT2D eigenvalue weighted by atomic mass is 10.1. The smallest absolute Gasteiger partial charge is 0.223 e. The van der Waals surface area contributed by atoms with Gasteiger partial charge in [0.25, 0.3) is 0 Å². The summed E-state index contributed by atoms with van der Waals surface area (Å²) in [5.74, 6) is 1.32. The van der Waals surface area contributed by atoms with E-state index < -0.39 is 9.84 Å². The molecule has 24 heavy (non-hydrogen) atoms. The first-order valence-corrected chi connectivity index (χ1v) is 10.3. The SMILES string of the molecule is CCOc1ccc(CN(C(=O)CC(C)C)C2CCS(=O)(=O)C2)cc1. The third-order valence-electron chi connectivity index (χ3n) is 4.14. The van der Waals surface area contributed by atoms with Crippen molar-refractivity contribution in [3.8, 4) is 5.75 Å². The van der Waals surface area contributed by atoms with Crippen LogP contribution in [-0.4, -0.2) is 43.4 Å². The van der Waals surface area contributed by atoms with E-state index in [0.717, 1.165) is 11.3 Å². The van der Waals surface area contributed by atoms with Gasteiger partial charge in [-0.05, 0) is 37.0 Å². The minimum Gasteiger partial charge on any atom is -0.494 e. The second-order valence-electron chi connectivity index (χ2n) is 6.75. The molecular weight excluding hydrogens is 326 g/mol. The molecule has 6 heteroatoms. The molecule has 1 fully saturated rings. The highest BCUT2D eigenvalue weighted by molar-refractivity contribution is 7.91. The molecule has 1 aromatic rings. The predicted octanol–water partition coefficient (Wildman–Crippen LogP) is 2.65. The van der Waals surface area contributed by atoms with Gasteiger partial charge in [-0.3, -0.25) is 4.79 Å². The molecule has 0 bridgehead atoms. The monoisotopic (exact) mass is 353 g/mol. The Bertz CT molecular complexity index is 652. The standard InChI is InChI=1S/C18H27NO4S/c1-4-23-17-7-5-15(6-8-17)12-19(18(20)11-14(2)3)16-9-10-24(21,22)13-16/h5-8,14,16H,4,9-13H2,1-3H3. The lowest BCUT2D eigenvalue weighted by Gasteiger charge is -2.29.